The SMILES string of the molecule is COCC(=O)N1CCC[C@H](c2cccc(N3CC4(CCCCC4)OC3=O)n2)C1. The third kappa shape index (κ3) is 3.85. The van der Waals surface area contributed by atoms with E-state index in [1.54, 1.807) is 12.0 Å². The molecule has 0 radical (unpaired) electrons. The number of hydrogen-bond acceptors (Lipinski definition) is 5. The van der Waals surface area contributed by atoms with Crippen LogP contribution in [0.4, 0.5) is 10.6 Å². The number of carbonyl (C=O) groups is 2. The number of anilines is 1. The Hall–Kier alpha value is -2.15. The largest absolute Gasteiger partial charge is 0.441 e. The monoisotopic (exact) mass is 387 g/mol. The molecular formula is C21H29N3O4. The van der Waals surface area contributed by atoms with Gasteiger partial charge >= 0.3 is 6.09 Å². The van der Waals surface area contributed by atoms with E-state index in [4.69, 9.17) is 14.5 Å². The molecule has 1 spiro atoms. The van der Waals surface area contributed by atoms with E-state index in [9.17, 15) is 9.59 Å². The number of likely N-dealkylation sites (tertiary alicyclic amines) is 1. The maximum Gasteiger partial charge on any atom is 0.416 e. The third-order valence-corrected chi connectivity index (χ3v) is 6.23. The smallest absolute Gasteiger partial charge is 0.416 e. The van der Waals surface area contributed by atoms with Crippen molar-refractivity contribution in [1.82, 2.24) is 9.88 Å². The second-order valence-electron chi connectivity index (χ2n) is 8.23. The Bertz CT molecular complexity index is 732. The Morgan fingerprint density at radius 3 is 2.89 bits per heavy atom. The van der Waals surface area contributed by atoms with Crippen LogP contribution in [0, 0.1) is 0 Å². The van der Waals surface area contributed by atoms with Crippen LogP contribution in [-0.2, 0) is 14.3 Å². The lowest BCUT2D eigenvalue weighted by molar-refractivity contribution is -0.136. The van der Waals surface area contributed by atoms with Crippen LogP contribution >= 0.6 is 0 Å². The van der Waals surface area contributed by atoms with Crippen LogP contribution in [0.3, 0.4) is 0 Å². The highest BCUT2D eigenvalue weighted by atomic mass is 16.6. The average Bonchev–Trinajstić information content (AvgIpc) is 3.04. The van der Waals surface area contributed by atoms with E-state index in [0.29, 0.717) is 18.9 Å². The number of amides is 2. The molecule has 4 rings (SSSR count). The van der Waals surface area contributed by atoms with Gasteiger partial charge in [-0.15, -0.1) is 0 Å². The van der Waals surface area contributed by atoms with Gasteiger partial charge in [-0.1, -0.05) is 12.5 Å². The summed E-state index contributed by atoms with van der Waals surface area (Å²) in [4.78, 5) is 33.1. The van der Waals surface area contributed by atoms with Crippen LogP contribution < -0.4 is 4.90 Å². The van der Waals surface area contributed by atoms with Gasteiger partial charge in [-0.25, -0.2) is 9.78 Å². The summed E-state index contributed by atoms with van der Waals surface area (Å²) in [5.74, 6) is 0.854. The lowest BCUT2D eigenvalue weighted by Crippen LogP contribution is -2.41. The van der Waals surface area contributed by atoms with E-state index in [2.05, 4.69) is 0 Å². The number of hydrogen-bond donors (Lipinski definition) is 0. The van der Waals surface area contributed by atoms with Crippen molar-refractivity contribution in [1.29, 1.82) is 0 Å². The van der Waals surface area contributed by atoms with E-state index in [1.165, 1.54) is 6.42 Å². The minimum atomic E-state index is -0.332. The summed E-state index contributed by atoms with van der Waals surface area (Å²) in [6.45, 7) is 2.11. The number of nitrogens with zero attached hydrogens (tertiary/aromatic N) is 3. The summed E-state index contributed by atoms with van der Waals surface area (Å²) in [5, 5.41) is 0. The quantitative estimate of drug-likeness (QED) is 0.794. The van der Waals surface area contributed by atoms with Gasteiger partial charge in [0.2, 0.25) is 5.91 Å². The third-order valence-electron chi connectivity index (χ3n) is 6.23. The van der Waals surface area contributed by atoms with Gasteiger partial charge in [-0.05, 0) is 50.7 Å². The van der Waals surface area contributed by atoms with Gasteiger partial charge in [0.1, 0.15) is 18.0 Å². The molecule has 152 valence electrons. The highest BCUT2D eigenvalue weighted by Crippen LogP contribution is 2.38. The predicted octanol–water partition coefficient (Wildman–Crippen LogP) is 3.09. The number of rotatable bonds is 4. The zero-order valence-electron chi connectivity index (χ0n) is 16.6. The molecule has 0 unspecified atom stereocenters. The molecule has 3 fully saturated rings. The van der Waals surface area contributed by atoms with Crippen LogP contribution in [-0.4, -0.2) is 60.8 Å². The van der Waals surface area contributed by atoms with Crippen molar-refractivity contribution >= 4 is 17.8 Å². The van der Waals surface area contributed by atoms with Gasteiger partial charge in [0.15, 0.2) is 0 Å². The summed E-state index contributed by atoms with van der Waals surface area (Å²) >= 11 is 0. The number of methoxy groups -OCH3 is 1. The van der Waals surface area contributed by atoms with E-state index in [-0.39, 0.29) is 30.1 Å². The van der Waals surface area contributed by atoms with Gasteiger partial charge in [-0.3, -0.25) is 9.69 Å². The van der Waals surface area contributed by atoms with Crippen LogP contribution in [0.1, 0.15) is 56.6 Å². The second-order valence-corrected chi connectivity index (χ2v) is 8.23. The van der Waals surface area contributed by atoms with Crippen molar-refractivity contribution in [2.75, 3.05) is 38.3 Å². The van der Waals surface area contributed by atoms with Crippen LogP contribution in [0.15, 0.2) is 18.2 Å². The molecular weight excluding hydrogens is 358 g/mol. The maximum absolute atomic E-state index is 12.5. The highest BCUT2D eigenvalue weighted by Gasteiger charge is 2.46. The van der Waals surface area contributed by atoms with Gasteiger partial charge in [0.25, 0.3) is 0 Å². The number of aromatic nitrogens is 1. The summed E-state index contributed by atoms with van der Waals surface area (Å²) in [7, 11) is 1.54. The Morgan fingerprint density at radius 2 is 2.11 bits per heavy atom. The number of pyridine rings is 1. The predicted molar refractivity (Wildman–Crippen MR) is 104 cm³/mol. The first-order chi connectivity index (χ1) is 13.6. The molecule has 0 bridgehead atoms. The first-order valence-electron chi connectivity index (χ1n) is 10.3. The zero-order valence-corrected chi connectivity index (χ0v) is 16.6. The van der Waals surface area contributed by atoms with Crippen molar-refractivity contribution < 1.29 is 19.1 Å². The van der Waals surface area contributed by atoms with Crippen molar-refractivity contribution in [3.05, 3.63) is 23.9 Å². The molecule has 1 aromatic heterocycles. The standard InChI is InChI=1S/C21H29N3O4/c1-27-14-19(25)23-12-6-7-16(13-23)17-8-5-9-18(22-17)24-15-21(28-20(24)26)10-3-2-4-11-21/h5,8-9,16H,2-4,6-7,10-15H2,1H3/t16-/m0/s1. The van der Waals surface area contributed by atoms with Crippen LogP contribution in [0.2, 0.25) is 0 Å². The summed E-state index contributed by atoms with van der Waals surface area (Å²) in [5.41, 5.74) is 0.603. The van der Waals surface area contributed by atoms with Crippen molar-refractivity contribution in [3.63, 3.8) is 0 Å². The van der Waals surface area contributed by atoms with Crippen LogP contribution in [0.5, 0.6) is 0 Å². The first-order valence-corrected chi connectivity index (χ1v) is 10.3. The van der Waals surface area contributed by atoms with Crippen LogP contribution in [0.25, 0.3) is 0 Å². The molecule has 0 aromatic carbocycles. The summed E-state index contributed by atoms with van der Waals surface area (Å²) in [6.07, 6.45) is 6.97. The Labute approximate surface area is 166 Å². The molecule has 2 aliphatic heterocycles. The molecule has 3 heterocycles. The first kappa shape index (κ1) is 19.2. The second kappa shape index (κ2) is 8.07. The lowest BCUT2D eigenvalue weighted by Gasteiger charge is -2.32. The molecule has 2 amide bonds. The zero-order chi connectivity index (χ0) is 19.6. The molecule has 28 heavy (non-hydrogen) atoms. The molecule has 1 atom stereocenters. The Kier molecular flexibility index (Phi) is 5.53. The molecule has 3 aliphatic rings. The summed E-state index contributed by atoms with van der Waals surface area (Å²) in [6, 6.07) is 5.83. The fourth-order valence-corrected chi connectivity index (χ4v) is 4.73. The minimum absolute atomic E-state index is 0.0192. The topological polar surface area (TPSA) is 72.0 Å². The molecule has 7 nitrogen and oxygen atoms in total. The van der Waals surface area contributed by atoms with Crippen molar-refractivity contribution in [2.45, 2.75) is 56.5 Å². The van der Waals surface area contributed by atoms with E-state index in [1.807, 2.05) is 23.1 Å². The lowest BCUT2D eigenvalue weighted by atomic mass is 9.85. The van der Waals surface area contributed by atoms with Gasteiger partial charge in [-0.2, -0.15) is 0 Å². The Morgan fingerprint density at radius 1 is 1.29 bits per heavy atom. The average molecular weight is 387 g/mol. The van der Waals surface area contributed by atoms with Gasteiger partial charge < -0.3 is 14.4 Å². The van der Waals surface area contributed by atoms with E-state index >= 15 is 0 Å². The number of piperidine rings is 1. The number of ether oxygens (including phenoxy) is 2. The fourth-order valence-electron chi connectivity index (χ4n) is 4.73. The maximum atomic E-state index is 12.5. The number of carbonyl (C=O) groups excluding carboxylic acids is 2. The summed E-state index contributed by atoms with van der Waals surface area (Å²) < 4.78 is 10.8. The van der Waals surface area contributed by atoms with E-state index in [0.717, 1.165) is 50.8 Å². The minimum Gasteiger partial charge on any atom is -0.441 e. The van der Waals surface area contributed by atoms with E-state index < -0.39 is 0 Å². The molecule has 1 saturated carbocycles. The van der Waals surface area contributed by atoms with Crippen molar-refractivity contribution in [2.24, 2.45) is 0 Å². The molecule has 0 N–H and O–H groups in total. The Balaban J connectivity index is 1.48. The van der Waals surface area contributed by atoms with Gasteiger partial charge in [0, 0.05) is 31.8 Å². The highest BCUT2D eigenvalue weighted by molar-refractivity contribution is 5.89. The molecule has 1 aliphatic carbocycles. The van der Waals surface area contributed by atoms with Crippen molar-refractivity contribution in [3.8, 4) is 0 Å². The fraction of sp³-hybridized carbons (Fsp3) is 0.667. The molecule has 2 saturated heterocycles. The molecule has 1 aromatic rings. The molecule has 7 heteroatoms. The van der Waals surface area contributed by atoms with Gasteiger partial charge in [0.05, 0.1) is 6.54 Å². The normalized spacial score (nSPS) is 24.5.